The summed E-state index contributed by atoms with van der Waals surface area (Å²) < 4.78 is 1.92. The molecule has 0 N–H and O–H groups in total. The molecule has 0 spiro atoms. The third-order valence-electron chi connectivity index (χ3n) is 6.54. The van der Waals surface area contributed by atoms with Crippen molar-refractivity contribution < 1.29 is 4.79 Å². The van der Waals surface area contributed by atoms with Crippen molar-refractivity contribution in [2.45, 2.75) is 25.8 Å². The molecule has 2 aliphatic rings. The second-order valence-corrected chi connectivity index (χ2v) is 9.33. The first-order valence-corrected chi connectivity index (χ1v) is 11.4. The van der Waals surface area contributed by atoms with Crippen molar-refractivity contribution in [1.82, 2.24) is 9.47 Å². The van der Waals surface area contributed by atoms with E-state index in [0.717, 1.165) is 28.8 Å². The van der Waals surface area contributed by atoms with Gasteiger partial charge in [0.2, 0.25) is 0 Å². The molecule has 0 aliphatic carbocycles. The molecular weight excluding hydrogens is 420 g/mol. The van der Waals surface area contributed by atoms with Gasteiger partial charge in [-0.15, -0.1) is 0 Å². The van der Waals surface area contributed by atoms with Crippen LogP contribution in [-0.2, 0) is 6.54 Å². The number of piperidine rings is 1. The molecule has 2 aliphatic heterocycles. The lowest BCUT2D eigenvalue weighted by Crippen LogP contribution is -2.49. The van der Waals surface area contributed by atoms with Crippen LogP contribution in [0.2, 0.25) is 5.02 Å². The van der Waals surface area contributed by atoms with Crippen molar-refractivity contribution in [2.24, 2.45) is 5.92 Å². The molecule has 2 unspecified atom stereocenters. The van der Waals surface area contributed by atoms with E-state index in [-0.39, 0.29) is 17.4 Å². The van der Waals surface area contributed by atoms with Gasteiger partial charge in [0.05, 0.1) is 0 Å². The van der Waals surface area contributed by atoms with Crippen molar-refractivity contribution in [3.63, 3.8) is 0 Å². The lowest BCUT2D eigenvalue weighted by molar-refractivity contribution is 0.0594. The van der Waals surface area contributed by atoms with E-state index in [4.69, 9.17) is 11.6 Å². The molecule has 1 amide bonds. The molecule has 0 saturated carbocycles. The second kappa shape index (κ2) is 8.44. The molecule has 162 valence electrons. The van der Waals surface area contributed by atoms with Gasteiger partial charge in [-0.3, -0.25) is 9.59 Å². The maximum absolute atomic E-state index is 13.2. The van der Waals surface area contributed by atoms with E-state index in [0.29, 0.717) is 36.1 Å². The Labute approximate surface area is 192 Å². The third-order valence-corrected chi connectivity index (χ3v) is 6.80. The van der Waals surface area contributed by atoms with E-state index in [2.05, 4.69) is 6.07 Å². The number of aromatic nitrogens is 1. The van der Waals surface area contributed by atoms with Gasteiger partial charge < -0.3 is 9.47 Å². The number of aryl methyl sites for hydroxylation is 1. The van der Waals surface area contributed by atoms with Crippen LogP contribution in [0.15, 0.2) is 65.5 Å². The number of fused-ring (bicyclic) bond motifs is 4. The Hall–Kier alpha value is -3.11. The zero-order chi connectivity index (χ0) is 22.2. The first-order chi connectivity index (χ1) is 15.5. The molecule has 0 radical (unpaired) electrons. The van der Waals surface area contributed by atoms with Crippen LogP contribution < -0.4 is 5.56 Å². The molecule has 32 heavy (non-hydrogen) atoms. The van der Waals surface area contributed by atoms with Gasteiger partial charge in [-0.25, -0.2) is 0 Å². The number of halogens is 1. The van der Waals surface area contributed by atoms with Crippen LogP contribution in [0.1, 0.15) is 45.1 Å². The number of nitrogens with zero attached hydrogens (tertiary/aromatic N) is 2. The zero-order valence-electron chi connectivity index (χ0n) is 18.0. The zero-order valence-corrected chi connectivity index (χ0v) is 18.8. The van der Waals surface area contributed by atoms with Crippen LogP contribution in [0.25, 0.3) is 12.2 Å². The smallest absolute Gasteiger partial charge is 0.258 e. The average molecular weight is 445 g/mol. The van der Waals surface area contributed by atoms with Gasteiger partial charge in [-0.1, -0.05) is 47.5 Å². The van der Waals surface area contributed by atoms with E-state index < -0.39 is 0 Å². The van der Waals surface area contributed by atoms with Crippen LogP contribution in [0.3, 0.4) is 0 Å². The quantitative estimate of drug-likeness (QED) is 0.554. The van der Waals surface area contributed by atoms with Crippen LogP contribution >= 0.6 is 11.6 Å². The van der Waals surface area contributed by atoms with Gasteiger partial charge in [-0.2, -0.15) is 0 Å². The van der Waals surface area contributed by atoms with Gasteiger partial charge in [0, 0.05) is 47.4 Å². The van der Waals surface area contributed by atoms with E-state index in [1.54, 1.807) is 0 Å². The number of carbonyl (C=O) groups is 1. The first kappa shape index (κ1) is 20.8. The van der Waals surface area contributed by atoms with Crippen molar-refractivity contribution in [2.75, 3.05) is 13.1 Å². The average Bonchev–Trinajstić information content (AvgIpc) is 2.80. The summed E-state index contributed by atoms with van der Waals surface area (Å²) in [7, 11) is 0. The number of likely N-dealkylation sites (tertiary alicyclic amines) is 1. The Bertz CT molecular complexity index is 1240. The molecule has 2 atom stereocenters. The lowest BCUT2D eigenvalue weighted by atomic mass is 9.82. The fraction of sp³-hybridized carbons (Fsp3) is 0.259. The highest BCUT2D eigenvalue weighted by molar-refractivity contribution is 6.30. The Kier molecular flexibility index (Phi) is 5.48. The molecule has 2 bridgehead atoms. The van der Waals surface area contributed by atoms with E-state index in [9.17, 15) is 9.59 Å². The third kappa shape index (κ3) is 4.03. The van der Waals surface area contributed by atoms with Crippen LogP contribution in [0.5, 0.6) is 0 Å². The molecular formula is C27H25ClN2O2. The highest BCUT2D eigenvalue weighted by Crippen LogP contribution is 2.35. The lowest BCUT2D eigenvalue weighted by Gasteiger charge is -2.43. The van der Waals surface area contributed by atoms with E-state index in [1.165, 1.54) is 0 Å². The van der Waals surface area contributed by atoms with Gasteiger partial charge in [0.1, 0.15) is 0 Å². The Morgan fingerprint density at radius 3 is 2.44 bits per heavy atom. The fourth-order valence-electron chi connectivity index (χ4n) is 4.89. The summed E-state index contributed by atoms with van der Waals surface area (Å²) >= 11 is 5.95. The van der Waals surface area contributed by atoms with E-state index in [1.807, 2.05) is 83.1 Å². The molecule has 4 nitrogen and oxygen atoms in total. The molecule has 3 heterocycles. The fourth-order valence-corrected chi connectivity index (χ4v) is 5.02. The topological polar surface area (TPSA) is 42.3 Å². The number of benzene rings is 2. The summed E-state index contributed by atoms with van der Waals surface area (Å²) in [6.45, 7) is 4.03. The first-order valence-electron chi connectivity index (χ1n) is 11.0. The molecule has 1 fully saturated rings. The molecule has 5 rings (SSSR count). The maximum atomic E-state index is 13.2. The number of rotatable bonds is 3. The number of carbonyl (C=O) groups excluding carboxylic acids is 1. The molecule has 3 aromatic rings. The highest BCUT2D eigenvalue weighted by Gasteiger charge is 2.36. The SMILES string of the molecule is Cc1ccc(C(=O)N2CC3CC(C2)c2ccc(C=Cc4ccc(Cl)cc4)c(=O)n2C3)cc1. The highest BCUT2D eigenvalue weighted by atomic mass is 35.5. The summed E-state index contributed by atoms with van der Waals surface area (Å²) in [6.07, 6.45) is 4.83. The van der Waals surface area contributed by atoms with Crippen molar-refractivity contribution in [1.29, 1.82) is 0 Å². The Morgan fingerprint density at radius 2 is 1.69 bits per heavy atom. The molecule has 5 heteroatoms. The second-order valence-electron chi connectivity index (χ2n) is 8.89. The van der Waals surface area contributed by atoms with Gasteiger partial charge in [0.15, 0.2) is 0 Å². The Balaban J connectivity index is 1.38. The van der Waals surface area contributed by atoms with Crippen LogP contribution in [0.4, 0.5) is 0 Å². The standard InChI is InChI=1S/C27H25ClN2O2/c1-18-2-7-21(8-3-18)26(31)29-15-20-14-23(17-29)25-13-10-22(27(32)30(25)16-20)9-4-19-5-11-24(28)12-6-19/h2-13,20,23H,14-17H2,1H3. The van der Waals surface area contributed by atoms with Gasteiger partial charge in [0.25, 0.3) is 11.5 Å². The van der Waals surface area contributed by atoms with Gasteiger partial charge in [-0.05, 0) is 67.3 Å². The molecule has 2 aromatic carbocycles. The number of pyridine rings is 1. The predicted octanol–water partition coefficient (Wildman–Crippen LogP) is 5.24. The minimum Gasteiger partial charge on any atom is -0.338 e. The summed E-state index contributed by atoms with van der Waals surface area (Å²) in [5, 5.41) is 0.692. The van der Waals surface area contributed by atoms with Gasteiger partial charge >= 0.3 is 0 Å². The molecule has 1 saturated heterocycles. The largest absolute Gasteiger partial charge is 0.338 e. The summed E-state index contributed by atoms with van der Waals surface area (Å²) in [5.74, 6) is 0.570. The minimum absolute atomic E-state index is 0.0423. The normalized spacial score (nSPS) is 19.8. The summed E-state index contributed by atoms with van der Waals surface area (Å²) in [6, 6.07) is 19.3. The molecule has 1 aromatic heterocycles. The van der Waals surface area contributed by atoms with Crippen molar-refractivity contribution in [3.05, 3.63) is 104 Å². The summed E-state index contributed by atoms with van der Waals surface area (Å²) in [5.41, 5.74) is 4.63. The van der Waals surface area contributed by atoms with Crippen molar-refractivity contribution >= 4 is 29.7 Å². The minimum atomic E-state index is 0.0423. The van der Waals surface area contributed by atoms with E-state index >= 15 is 0 Å². The van der Waals surface area contributed by atoms with Crippen LogP contribution in [-0.4, -0.2) is 28.5 Å². The summed E-state index contributed by atoms with van der Waals surface area (Å²) in [4.78, 5) is 28.2. The number of amides is 1. The number of hydrogen-bond acceptors (Lipinski definition) is 2. The number of hydrogen-bond donors (Lipinski definition) is 0. The van der Waals surface area contributed by atoms with Crippen LogP contribution in [0, 0.1) is 12.8 Å². The predicted molar refractivity (Wildman–Crippen MR) is 129 cm³/mol. The van der Waals surface area contributed by atoms with Crippen molar-refractivity contribution in [3.8, 4) is 0 Å². The maximum Gasteiger partial charge on any atom is 0.258 e. The Morgan fingerprint density at radius 1 is 0.938 bits per heavy atom. The monoisotopic (exact) mass is 444 g/mol.